The molecule has 2 heterocycles. The summed E-state index contributed by atoms with van der Waals surface area (Å²) in [6.45, 7) is 2.65. The van der Waals surface area contributed by atoms with E-state index >= 15 is 0 Å². The number of hydrogen-bond acceptors (Lipinski definition) is 4. The lowest BCUT2D eigenvalue weighted by Crippen LogP contribution is -2.22. The number of hydrogen-bond donors (Lipinski definition) is 2. The third-order valence-electron chi connectivity index (χ3n) is 3.20. The number of aromatic amines is 1. The summed E-state index contributed by atoms with van der Waals surface area (Å²) < 4.78 is 6.86. The molecule has 0 saturated carbocycles. The zero-order valence-corrected chi connectivity index (χ0v) is 11.1. The van der Waals surface area contributed by atoms with E-state index in [1.165, 1.54) is 10.9 Å². The molecule has 6 heteroatoms. The van der Waals surface area contributed by atoms with Gasteiger partial charge in [-0.25, -0.2) is 4.98 Å². The zero-order valence-electron chi connectivity index (χ0n) is 11.1. The molecule has 0 aliphatic carbocycles. The van der Waals surface area contributed by atoms with Gasteiger partial charge in [-0.1, -0.05) is 0 Å². The largest absolute Gasteiger partial charge is 0.494 e. The van der Waals surface area contributed by atoms with E-state index in [0.29, 0.717) is 17.6 Å². The van der Waals surface area contributed by atoms with Crippen molar-refractivity contribution in [2.45, 2.75) is 13.5 Å². The van der Waals surface area contributed by atoms with E-state index in [0.717, 1.165) is 16.7 Å². The van der Waals surface area contributed by atoms with Gasteiger partial charge in [-0.05, 0) is 25.1 Å². The van der Waals surface area contributed by atoms with Gasteiger partial charge < -0.3 is 14.8 Å². The highest BCUT2D eigenvalue weighted by Crippen LogP contribution is 2.25. The standard InChI is InChI=1S/C14H15N3O3/c1-2-20-9-3-4-11-10(7-9)12-13(16-11)14(19)17(5-6-18)8-15-12/h3-4,7-8,16,18H,2,5-6H2,1H3. The van der Waals surface area contributed by atoms with Gasteiger partial charge in [0.2, 0.25) is 0 Å². The van der Waals surface area contributed by atoms with E-state index in [1.807, 2.05) is 25.1 Å². The molecular weight excluding hydrogens is 258 g/mol. The second-order valence-corrected chi connectivity index (χ2v) is 4.46. The molecule has 6 nitrogen and oxygen atoms in total. The lowest BCUT2D eigenvalue weighted by Gasteiger charge is -2.02. The quantitative estimate of drug-likeness (QED) is 0.750. The Bertz CT molecular complexity index is 819. The molecule has 0 fully saturated rings. The number of nitrogens with zero attached hydrogens (tertiary/aromatic N) is 2. The number of aliphatic hydroxyl groups is 1. The number of nitrogens with one attached hydrogen (secondary N) is 1. The maximum Gasteiger partial charge on any atom is 0.277 e. The third kappa shape index (κ3) is 1.94. The van der Waals surface area contributed by atoms with Crippen molar-refractivity contribution in [1.82, 2.24) is 14.5 Å². The number of aromatic nitrogens is 3. The number of benzene rings is 1. The molecule has 0 radical (unpaired) electrons. The molecule has 2 aromatic heterocycles. The lowest BCUT2D eigenvalue weighted by atomic mass is 10.2. The Morgan fingerprint density at radius 2 is 2.30 bits per heavy atom. The van der Waals surface area contributed by atoms with Crippen molar-refractivity contribution >= 4 is 21.9 Å². The van der Waals surface area contributed by atoms with Crippen molar-refractivity contribution in [3.05, 3.63) is 34.9 Å². The molecule has 104 valence electrons. The number of rotatable bonds is 4. The molecule has 0 saturated heterocycles. The molecule has 0 spiro atoms. The van der Waals surface area contributed by atoms with Crippen LogP contribution in [0.15, 0.2) is 29.3 Å². The van der Waals surface area contributed by atoms with Gasteiger partial charge in [0.25, 0.3) is 5.56 Å². The second-order valence-electron chi connectivity index (χ2n) is 4.46. The van der Waals surface area contributed by atoms with E-state index in [2.05, 4.69) is 9.97 Å². The highest BCUT2D eigenvalue weighted by atomic mass is 16.5. The van der Waals surface area contributed by atoms with Crippen molar-refractivity contribution in [2.75, 3.05) is 13.2 Å². The fourth-order valence-electron chi connectivity index (χ4n) is 2.29. The molecular formula is C14H15N3O3. The summed E-state index contributed by atoms with van der Waals surface area (Å²) in [5, 5.41) is 9.80. The van der Waals surface area contributed by atoms with Crippen LogP contribution in [0.4, 0.5) is 0 Å². The maximum atomic E-state index is 12.2. The molecule has 1 aromatic carbocycles. The molecule has 3 rings (SSSR count). The van der Waals surface area contributed by atoms with Gasteiger partial charge in [0.05, 0.1) is 26.1 Å². The first kappa shape index (κ1) is 12.7. The number of aliphatic hydroxyl groups excluding tert-OH is 1. The van der Waals surface area contributed by atoms with Crippen LogP contribution in [0, 0.1) is 0 Å². The molecule has 0 aliphatic rings. The van der Waals surface area contributed by atoms with Crippen molar-refractivity contribution in [2.24, 2.45) is 0 Å². The molecule has 0 bridgehead atoms. The number of H-pyrrole nitrogens is 1. The lowest BCUT2D eigenvalue weighted by molar-refractivity contribution is 0.274. The van der Waals surface area contributed by atoms with E-state index in [-0.39, 0.29) is 18.7 Å². The fraction of sp³-hybridized carbons (Fsp3) is 0.286. The van der Waals surface area contributed by atoms with E-state index < -0.39 is 0 Å². The van der Waals surface area contributed by atoms with E-state index in [1.54, 1.807) is 0 Å². The highest BCUT2D eigenvalue weighted by molar-refractivity contribution is 6.04. The Balaban J connectivity index is 2.26. The third-order valence-corrected chi connectivity index (χ3v) is 3.20. The Kier molecular flexibility index (Phi) is 3.15. The Morgan fingerprint density at radius 1 is 1.45 bits per heavy atom. The average molecular weight is 273 g/mol. The smallest absolute Gasteiger partial charge is 0.277 e. The van der Waals surface area contributed by atoms with Crippen molar-refractivity contribution < 1.29 is 9.84 Å². The highest BCUT2D eigenvalue weighted by Gasteiger charge is 2.11. The summed E-state index contributed by atoms with van der Waals surface area (Å²) in [7, 11) is 0. The SMILES string of the molecule is CCOc1ccc2[nH]c3c(=O)n(CCO)cnc3c2c1. The minimum atomic E-state index is -0.182. The van der Waals surface area contributed by atoms with Crippen molar-refractivity contribution in [3.8, 4) is 5.75 Å². The van der Waals surface area contributed by atoms with Crippen molar-refractivity contribution in [1.29, 1.82) is 0 Å². The molecule has 0 atom stereocenters. The van der Waals surface area contributed by atoms with Crippen molar-refractivity contribution in [3.63, 3.8) is 0 Å². The first-order valence-electron chi connectivity index (χ1n) is 6.49. The summed E-state index contributed by atoms with van der Waals surface area (Å²) in [5.41, 5.74) is 1.73. The van der Waals surface area contributed by atoms with Gasteiger partial charge in [0, 0.05) is 10.9 Å². The Morgan fingerprint density at radius 3 is 3.05 bits per heavy atom. The van der Waals surface area contributed by atoms with Crippen LogP contribution in [0.25, 0.3) is 21.9 Å². The second kappa shape index (κ2) is 4.97. The minimum Gasteiger partial charge on any atom is -0.494 e. The van der Waals surface area contributed by atoms with E-state index in [4.69, 9.17) is 9.84 Å². The summed E-state index contributed by atoms with van der Waals surface area (Å²) in [4.78, 5) is 19.6. The van der Waals surface area contributed by atoms with Gasteiger partial charge in [0.15, 0.2) is 0 Å². The molecule has 20 heavy (non-hydrogen) atoms. The average Bonchev–Trinajstić information content (AvgIpc) is 2.81. The van der Waals surface area contributed by atoms with Crippen LogP contribution in [0.2, 0.25) is 0 Å². The molecule has 2 N–H and O–H groups in total. The zero-order chi connectivity index (χ0) is 14.1. The van der Waals surface area contributed by atoms with Gasteiger partial charge >= 0.3 is 0 Å². The summed E-state index contributed by atoms with van der Waals surface area (Å²) >= 11 is 0. The molecule has 0 aliphatic heterocycles. The number of ether oxygens (including phenoxy) is 1. The topological polar surface area (TPSA) is 80.1 Å². The van der Waals surface area contributed by atoms with Crippen LogP contribution in [0.3, 0.4) is 0 Å². The van der Waals surface area contributed by atoms with Crippen LogP contribution in [0.5, 0.6) is 5.75 Å². The Hall–Kier alpha value is -2.34. The predicted molar refractivity (Wildman–Crippen MR) is 76.1 cm³/mol. The van der Waals surface area contributed by atoms with Crippen LogP contribution in [0.1, 0.15) is 6.92 Å². The first-order chi connectivity index (χ1) is 9.74. The van der Waals surface area contributed by atoms with Crippen LogP contribution in [-0.4, -0.2) is 32.9 Å². The predicted octanol–water partition coefficient (Wildman–Crippen LogP) is 1.27. The fourth-order valence-corrected chi connectivity index (χ4v) is 2.29. The van der Waals surface area contributed by atoms with Crippen LogP contribution >= 0.6 is 0 Å². The van der Waals surface area contributed by atoms with Crippen LogP contribution in [-0.2, 0) is 6.54 Å². The van der Waals surface area contributed by atoms with Gasteiger partial charge in [0.1, 0.15) is 16.8 Å². The van der Waals surface area contributed by atoms with E-state index in [9.17, 15) is 4.79 Å². The number of fused-ring (bicyclic) bond motifs is 3. The molecule has 0 amide bonds. The van der Waals surface area contributed by atoms with Crippen LogP contribution < -0.4 is 10.3 Å². The van der Waals surface area contributed by atoms with Gasteiger partial charge in [-0.3, -0.25) is 9.36 Å². The maximum absolute atomic E-state index is 12.2. The summed E-state index contributed by atoms with van der Waals surface area (Å²) in [5.74, 6) is 0.752. The first-order valence-corrected chi connectivity index (χ1v) is 6.49. The normalized spacial score (nSPS) is 11.3. The summed E-state index contributed by atoms with van der Waals surface area (Å²) in [6, 6.07) is 5.60. The summed E-state index contributed by atoms with van der Waals surface area (Å²) in [6.07, 6.45) is 1.46. The Labute approximate surface area is 114 Å². The van der Waals surface area contributed by atoms with Gasteiger partial charge in [-0.2, -0.15) is 0 Å². The minimum absolute atomic E-state index is 0.0954. The molecule has 0 unspecified atom stereocenters. The monoisotopic (exact) mass is 273 g/mol. The molecule has 3 aromatic rings. The van der Waals surface area contributed by atoms with Gasteiger partial charge in [-0.15, -0.1) is 0 Å².